The van der Waals surface area contributed by atoms with Crippen molar-refractivity contribution in [2.45, 2.75) is 13.0 Å². The normalized spacial score (nSPS) is 15.2. The molecule has 0 spiro atoms. The van der Waals surface area contributed by atoms with Crippen molar-refractivity contribution in [3.8, 4) is 5.75 Å². The predicted octanol–water partition coefficient (Wildman–Crippen LogP) is 4.60. The van der Waals surface area contributed by atoms with E-state index >= 15 is 0 Å². The number of ether oxygens (including phenoxy) is 2. The Bertz CT molecular complexity index is 1650. The number of halogens is 1. The Morgan fingerprint density at radius 2 is 1.76 bits per heavy atom. The van der Waals surface area contributed by atoms with Gasteiger partial charge in [-0.1, -0.05) is 77.5 Å². The number of rotatable bonds is 6. The van der Waals surface area contributed by atoms with Gasteiger partial charge in [-0.15, -0.1) is 0 Å². The second-order valence-electron chi connectivity index (χ2n) is 8.26. The van der Waals surface area contributed by atoms with Gasteiger partial charge in [0.2, 0.25) is 0 Å². The largest absolute Gasteiger partial charge is 0.497 e. The van der Waals surface area contributed by atoms with Crippen molar-refractivity contribution in [3.63, 3.8) is 0 Å². The molecular formula is C29H23ClN2O4S. The first-order valence-corrected chi connectivity index (χ1v) is 12.9. The van der Waals surface area contributed by atoms with Gasteiger partial charge in [-0.25, -0.2) is 9.79 Å². The SMILES string of the molecule is CCOC(=O)C1=C(c2ccccc2)N=c2s/c(=C\c3ccc(OC)cc3)c(=O)n2[C@@H]1c1ccc(Cl)cc1. The summed E-state index contributed by atoms with van der Waals surface area (Å²) in [5.41, 5.74) is 2.88. The van der Waals surface area contributed by atoms with Gasteiger partial charge < -0.3 is 9.47 Å². The summed E-state index contributed by atoms with van der Waals surface area (Å²) < 4.78 is 12.8. The summed E-state index contributed by atoms with van der Waals surface area (Å²) in [7, 11) is 1.61. The fourth-order valence-electron chi connectivity index (χ4n) is 4.25. The number of aromatic nitrogens is 1. The van der Waals surface area contributed by atoms with Crippen LogP contribution in [0.4, 0.5) is 0 Å². The molecule has 2 heterocycles. The minimum atomic E-state index is -0.735. The summed E-state index contributed by atoms with van der Waals surface area (Å²) in [6, 6.07) is 23.3. The fourth-order valence-corrected chi connectivity index (χ4v) is 5.38. The molecule has 1 atom stereocenters. The van der Waals surface area contributed by atoms with E-state index in [0.717, 1.165) is 22.4 Å². The first-order valence-electron chi connectivity index (χ1n) is 11.7. The Labute approximate surface area is 222 Å². The number of methoxy groups -OCH3 is 1. The van der Waals surface area contributed by atoms with Crippen LogP contribution in [0.5, 0.6) is 5.75 Å². The monoisotopic (exact) mass is 530 g/mol. The first kappa shape index (κ1) is 24.7. The molecule has 6 nitrogen and oxygen atoms in total. The van der Waals surface area contributed by atoms with Crippen LogP contribution >= 0.6 is 22.9 Å². The molecule has 1 aliphatic rings. The zero-order chi connectivity index (χ0) is 25.9. The second kappa shape index (κ2) is 10.6. The van der Waals surface area contributed by atoms with Gasteiger partial charge in [0.1, 0.15) is 5.75 Å². The second-order valence-corrected chi connectivity index (χ2v) is 9.70. The lowest BCUT2D eigenvalue weighted by Gasteiger charge is -2.25. The Morgan fingerprint density at radius 3 is 2.41 bits per heavy atom. The molecule has 5 rings (SSSR count). The Morgan fingerprint density at radius 1 is 1.05 bits per heavy atom. The van der Waals surface area contributed by atoms with Crippen LogP contribution in [-0.2, 0) is 9.53 Å². The highest BCUT2D eigenvalue weighted by Gasteiger charge is 2.35. The molecule has 8 heteroatoms. The lowest BCUT2D eigenvalue weighted by Crippen LogP contribution is -2.40. The van der Waals surface area contributed by atoms with Crippen LogP contribution in [0.3, 0.4) is 0 Å². The summed E-state index contributed by atoms with van der Waals surface area (Å²) in [5.74, 6) is 0.211. The molecule has 37 heavy (non-hydrogen) atoms. The van der Waals surface area contributed by atoms with Crippen molar-refractivity contribution in [3.05, 3.63) is 126 Å². The third kappa shape index (κ3) is 4.88. The smallest absolute Gasteiger partial charge is 0.338 e. The minimum Gasteiger partial charge on any atom is -0.497 e. The highest BCUT2D eigenvalue weighted by Crippen LogP contribution is 2.35. The van der Waals surface area contributed by atoms with Gasteiger partial charge in [0, 0.05) is 10.6 Å². The predicted molar refractivity (Wildman–Crippen MR) is 146 cm³/mol. The summed E-state index contributed by atoms with van der Waals surface area (Å²) in [6.45, 7) is 1.95. The summed E-state index contributed by atoms with van der Waals surface area (Å²) >= 11 is 7.45. The van der Waals surface area contributed by atoms with E-state index in [4.69, 9.17) is 26.1 Å². The van der Waals surface area contributed by atoms with Gasteiger partial charge in [-0.2, -0.15) is 0 Å². The zero-order valence-electron chi connectivity index (χ0n) is 20.2. The van der Waals surface area contributed by atoms with Crippen molar-refractivity contribution < 1.29 is 14.3 Å². The molecule has 0 saturated heterocycles. The molecule has 0 radical (unpaired) electrons. The van der Waals surface area contributed by atoms with Crippen molar-refractivity contribution in [2.75, 3.05) is 13.7 Å². The van der Waals surface area contributed by atoms with E-state index in [1.54, 1.807) is 30.7 Å². The summed E-state index contributed by atoms with van der Waals surface area (Å²) in [5, 5.41) is 0.556. The number of hydrogen-bond donors (Lipinski definition) is 0. The molecule has 3 aromatic carbocycles. The van der Waals surface area contributed by atoms with E-state index in [0.29, 0.717) is 25.6 Å². The van der Waals surface area contributed by atoms with Gasteiger partial charge in [0.25, 0.3) is 5.56 Å². The first-order chi connectivity index (χ1) is 18.0. The number of carbonyl (C=O) groups is 1. The molecule has 1 aliphatic heterocycles. The number of carbonyl (C=O) groups excluding carboxylic acids is 1. The third-order valence-electron chi connectivity index (χ3n) is 5.97. The van der Waals surface area contributed by atoms with Gasteiger partial charge >= 0.3 is 5.97 Å². The van der Waals surface area contributed by atoms with Gasteiger partial charge in [-0.3, -0.25) is 9.36 Å². The molecule has 0 fully saturated rings. The molecule has 0 saturated carbocycles. The number of nitrogens with zero attached hydrogens (tertiary/aromatic N) is 2. The molecule has 0 unspecified atom stereocenters. The Kier molecular flexibility index (Phi) is 7.08. The number of benzene rings is 3. The average Bonchev–Trinajstić information content (AvgIpc) is 3.23. The van der Waals surface area contributed by atoms with E-state index < -0.39 is 12.0 Å². The highest BCUT2D eigenvalue weighted by atomic mass is 35.5. The highest BCUT2D eigenvalue weighted by molar-refractivity contribution is 7.07. The van der Waals surface area contributed by atoms with E-state index in [1.807, 2.05) is 72.8 Å². The number of hydrogen-bond acceptors (Lipinski definition) is 6. The fraction of sp³-hybridized carbons (Fsp3) is 0.138. The molecule has 4 aromatic rings. The van der Waals surface area contributed by atoms with E-state index in [1.165, 1.54) is 11.3 Å². The Hall–Kier alpha value is -3.94. The van der Waals surface area contributed by atoms with Gasteiger partial charge in [-0.05, 0) is 48.4 Å². The number of esters is 1. The number of thiazole rings is 1. The Balaban J connectivity index is 1.80. The molecule has 186 valence electrons. The number of fused-ring (bicyclic) bond motifs is 1. The molecule has 1 aromatic heterocycles. The topological polar surface area (TPSA) is 69.9 Å². The van der Waals surface area contributed by atoms with Crippen molar-refractivity contribution in [2.24, 2.45) is 4.99 Å². The maximum Gasteiger partial charge on any atom is 0.338 e. The van der Waals surface area contributed by atoms with Crippen LogP contribution in [0.1, 0.15) is 29.7 Å². The van der Waals surface area contributed by atoms with Crippen LogP contribution in [-0.4, -0.2) is 24.3 Å². The van der Waals surface area contributed by atoms with E-state index in [9.17, 15) is 9.59 Å². The maximum absolute atomic E-state index is 13.8. The van der Waals surface area contributed by atoms with Crippen LogP contribution < -0.4 is 19.6 Å². The molecule has 0 aliphatic carbocycles. The van der Waals surface area contributed by atoms with Crippen LogP contribution in [0, 0.1) is 0 Å². The maximum atomic E-state index is 13.8. The van der Waals surface area contributed by atoms with Crippen molar-refractivity contribution >= 4 is 40.7 Å². The standard InChI is InChI=1S/C29H23ClN2O4S/c1-3-36-28(34)24-25(19-7-5-4-6-8-19)31-29-32(26(24)20-11-13-21(30)14-12-20)27(33)23(37-29)17-18-9-15-22(35-2)16-10-18/h4-17,26H,3H2,1-2H3/b23-17-/t26-/m1/s1. The quantitative estimate of drug-likeness (QED) is 0.342. The lowest BCUT2D eigenvalue weighted by molar-refractivity contribution is -0.138. The van der Waals surface area contributed by atoms with Crippen molar-refractivity contribution in [1.82, 2.24) is 4.57 Å². The molecular weight excluding hydrogens is 508 g/mol. The van der Waals surface area contributed by atoms with Gasteiger partial charge in [0.05, 0.1) is 35.6 Å². The van der Waals surface area contributed by atoms with Crippen molar-refractivity contribution in [1.29, 1.82) is 0 Å². The third-order valence-corrected chi connectivity index (χ3v) is 7.21. The van der Waals surface area contributed by atoms with E-state index in [-0.39, 0.29) is 12.2 Å². The van der Waals surface area contributed by atoms with E-state index in [2.05, 4.69) is 0 Å². The molecule has 0 bridgehead atoms. The summed E-state index contributed by atoms with van der Waals surface area (Å²) in [6.07, 6.45) is 1.82. The molecule has 0 amide bonds. The minimum absolute atomic E-state index is 0.194. The van der Waals surface area contributed by atoms with Crippen LogP contribution in [0.25, 0.3) is 11.8 Å². The zero-order valence-corrected chi connectivity index (χ0v) is 21.8. The van der Waals surface area contributed by atoms with Crippen LogP contribution in [0.15, 0.2) is 94.2 Å². The lowest BCUT2D eigenvalue weighted by atomic mass is 9.93. The molecule has 0 N–H and O–H groups in total. The summed E-state index contributed by atoms with van der Waals surface area (Å²) in [4.78, 5) is 32.6. The van der Waals surface area contributed by atoms with Crippen LogP contribution in [0.2, 0.25) is 5.02 Å². The average molecular weight is 531 g/mol. The van der Waals surface area contributed by atoms with Gasteiger partial charge in [0.15, 0.2) is 4.80 Å².